The van der Waals surface area contributed by atoms with Gasteiger partial charge in [0.2, 0.25) is 0 Å². The average molecular weight is 433 g/mol. The molecule has 1 heterocycles. The lowest BCUT2D eigenvalue weighted by atomic mass is 10.2. The number of hydrogen-bond acceptors (Lipinski definition) is 7. The van der Waals surface area contributed by atoms with E-state index in [1.54, 1.807) is 0 Å². The van der Waals surface area contributed by atoms with Gasteiger partial charge in [0, 0.05) is 6.20 Å². The number of hydrogen-bond donors (Lipinski definition) is 3. The number of nitrogens with zero attached hydrogens (tertiary/aromatic N) is 3. The minimum Gasteiger partial charge on any atom is -0.507 e. The van der Waals surface area contributed by atoms with E-state index in [2.05, 4.69) is 19.9 Å². The van der Waals surface area contributed by atoms with E-state index in [1.165, 1.54) is 60.8 Å². The van der Waals surface area contributed by atoms with Crippen molar-refractivity contribution in [2.75, 3.05) is 4.72 Å². The molecule has 0 radical (unpaired) electrons. The SMILES string of the molecule is O=C(O)c1cc(N=Nc2ccc(S(=O)(=O)Nc3ccc(Cl)cn3)cc2)ccc1O. The highest BCUT2D eigenvalue weighted by Crippen LogP contribution is 2.26. The normalized spacial score (nSPS) is 11.5. The summed E-state index contributed by atoms with van der Waals surface area (Å²) in [6.45, 7) is 0. The molecule has 3 rings (SSSR count). The molecule has 0 unspecified atom stereocenters. The van der Waals surface area contributed by atoms with Crippen molar-refractivity contribution in [3.63, 3.8) is 0 Å². The van der Waals surface area contributed by atoms with E-state index in [-0.39, 0.29) is 27.7 Å². The van der Waals surface area contributed by atoms with Crippen molar-refractivity contribution in [2.45, 2.75) is 4.90 Å². The zero-order valence-corrected chi connectivity index (χ0v) is 16.1. The number of aromatic hydroxyl groups is 1. The number of carbonyl (C=O) groups is 1. The van der Waals surface area contributed by atoms with Crippen molar-refractivity contribution in [2.24, 2.45) is 10.2 Å². The zero-order chi connectivity index (χ0) is 21.0. The van der Waals surface area contributed by atoms with Crippen molar-refractivity contribution in [3.05, 3.63) is 71.4 Å². The maximum absolute atomic E-state index is 12.4. The Balaban J connectivity index is 1.76. The molecular formula is C18H13ClN4O5S. The van der Waals surface area contributed by atoms with Crippen LogP contribution in [0.4, 0.5) is 17.2 Å². The van der Waals surface area contributed by atoms with Crippen LogP contribution in [-0.2, 0) is 10.0 Å². The molecule has 0 saturated heterocycles. The van der Waals surface area contributed by atoms with Crippen LogP contribution >= 0.6 is 11.6 Å². The Morgan fingerprint density at radius 3 is 2.28 bits per heavy atom. The van der Waals surface area contributed by atoms with Gasteiger partial charge in [0.15, 0.2) is 0 Å². The molecule has 0 atom stereocenters. The van der Waals surface area contributed by atoms with Gasteiger partial charge in [-0.05, 0) is 54.6 Å². The zero-order valence-electron chi connectivity index (χ0n) is 14.5. The van der Waals surface area contributed by atoms with Crippen molar-refractivity contribution < 1.29 is 23.4 Å². The lowest BCUT2D eigenvalue weighted by Crippen LogP contribution is -2.13. The summed E-state index contributed by atoms with van der Waals surface area (Å²) in [7, 11) is -3.85. The molecule has 148 valence electrons. The van der Waals surface area contributed by atoms with E-state index in [0.29, 0.717) is 10.7 Å². The number of sulfonamides is 1. The minimum atomic E-state index is -3.85. The van der Waals surface area contributed by atoms with Crippen molar-refractivity contribution >= 4 is 44.8 Å². The van der Waals surface area contributed by atoms with E-state index in [1.807, 2.05) is 0 Å². The van der Waals surface area contributed by atoms with Crippen molar-refractivity contribution in [3.8, 4) is 5.75 Å². The molecule has 2 aromatic carbocycles. The fraction of sp³-hybridized carbons (Fsp3) is 0. The molecule has 1 aromatic heterocycles. The summed E-state index contributed by atoms with van der Waals surface area (Å²) in [5, 5.41) is 26.7. The summed E-state index contributed by atoms with van der Waals surface area (Å²) in [5.74, 6) is -1.55. The van der Waals surface area contributed by atoms with E-state index in [9.17, 15) is 18.3 Å². The Kier molecular flexibility index (Phi) is 5.76. The van der Waals surface area contributed by atoms with Crippen LogP contribution in [0.25, 0.3) is 0 Å². The summed E-state index contributed by atoms with van der Waals surface area (Å²) in [6.07, 6.45) is 1.32. The van der Waals surface area contributed by atoms with Gasteiger partial charge in [0.1, 0.15) is 17.1 Å². The minimum absolute atomic E-state index is 0.00834. The number of pyridine rings is 1. The van der Waals surface area contributed by atoms with Gasteiger partial charge >= 0.3 is 5.97 Å². The first-order valence-corrected chi connectivity index (χ1v) is 9.83. The van der Waals surface area contributed by atoms with Crippen LogP contribution in [0.2, 0.25) is 5.02 Å². The van der Waals surface area contributed by atoms with E-state index < -0.39 is 16.0 Å². The number of carboxylic acids is 1. The van der Waals surface area contributed by atoms with Gasteiger partial charge in [-0.1, -0.05) is 11.6 Å². The molecule has 0 saturated carbocycles. The third kappa shape index (κ3) is 5.06. The van der Waals surface area contributed by atoms with E-state index in [0.717, 1.165) is 0 Å². The van der Waals surface area contributed by atoms with Crippen molar-refractivity contribution in [1.82, 2.24) is 4.98 Å². The third-order valence-corrected chi connectivity index (χ3v) is 5.20. The van der Waals surface area contributed by atoms with Crippen LogP contribution in [0.3, 0.4) is 0 Å². The number of aromatic carboxylic acids is 1. The second-order valence-corrected chi connectivity index (χ2v) is 7.79. The number of nitrogens with one attached hydrogen (secondary N) is 1. The molecule has 0 bridgehead atoms. The molecule has 0 fully saturated rings. The second-order valence-electron chi connectivity index (χ2n) is 5.67. The van der Waals surface area contributed by atoms with Gasteiger partial charge in [-0.3, -0.25) is 4.72 Å². The van der Waals surface area contributed by atoms with E-state index in [4.69, 9.17) is 16.7 Å². The van der Waals surface area contributed by atoms with Crippen molar-refractivity contribution in [1.29, 1.82) is 0 Å². The third-order valence-electron chi connectivity index (χ3n) is 3.60. The van der Waals surface area contributed by atoms with Crippen LogP contribution in [0.15, 0.2) is 75.9 Å². The Labute approximate surface area is 170 Å². The van der Waals surface area contributed by atoms with Gasteiger partial charge in [0.25, 0.3) is 10.0 Å². The molecule has 0 amide bonds. The number of phenols is 1. The lowest BCUT2D eigenvalue weighted by molar-refractivity contribution is 0.0693. The second kappa shape index (κ2) is 8.25. The summed E-state index contributed by atoms with van der Waals surface area (Å²) < 4.78 is 27.1. The van der Waals surface area contributed by atoms with Crippen LogP contribution in [0.5, 0.6) is 5.75 Å². The number of aromatic nitrogens is 1. The predicted octanol–water partition coefficient (Wildman–Crippen LogP) is 4.36. The highest BCUT2D eigenvalue weighted by molar-refractivity contribution is 7.92. The highest BCUT2D eigenvalue weighted by atomic mass is 35.5. The molecule has 3 aromatic rings. The first-order valence-electron chi connectivity index (χ1n) is 7.97. The Morgan fingerprint density at radius 1 is 1.00 bits per heavy atom. The lowest BCUT2D eigenvalue weighted by Gasteiger charge is -2.07. The Bertz CT molecular complexity index is 1180. The topological polar surface area (TPSA) is 141 Å². The smallest absolute Gasteiger partial charge is 0.339 e. The van der Waals surface area contributed by atoms with Crippen LogP contribution in [0.1, 0.15) is 10.4 Å². The summed E-state index contributed by atoms with van der Waals surface area (Å²) in [4.78, 5) is 14.9. The summed E-state index contributed by atoms with van der Waals surface area (Å²) >= 11 is 5.72. The summed E-state index contributed by atoms with van der Waals surface area (Å²) in [6, 6.07) is 12.3. The first-order chi connectivity index (χ1) is 13.7. The van der Waals surface area contributed by atoms with Crippen LogP contribution in [0, 0.1) is 0 Å². The van der Waals surface area contributed by atoms with Gasteiger partial charge in [-0.2, -0.15) is 10.2 Å². The number of anilines is 1. The van der Waals surface area contributed by atoms with Crippen LogP contribution < -0.4 is 4.72 Å². The fourth-order valence-corrected chi connectivity index (χ4v) is 3.32. The van der Waals surface area contributed by atoms with Crippen LogP contribution in [-0.4, -0.2) is 29.6 Å². The largest absolute Gasteiger partial charge is 0.507 e. The number of halogens is 1. The molecule has 9 nitrogen and oxygen atoms in total. The molecule has 0 aliphatic rings. The first kappa shape index (κ1) is 20.2. The van der Waals surface area contributed by atoms with E-state index >= 15 is 0 Å². The molecular weight excluding hydrogens is 420 g/mol. The number of azo groups is 1. The Morgan fingerprint density at radius 2 is 1.66 bits per heavy atom. The average Bonchev–Trinajstić information content (AvgIpc) is 2.69. The fourth-order valence-electron chi connectivity index (χ4n) is 2.20. The van der Waals surface area contributed by atoms with Gasteiger partial charge in [0.05, 0.1) is 21.3 Å². The molecule has 0 spiro atoms. The highest BCUT2D eigenvalue weighted by Gasteiger charge is 2.15. The number of rotatable bonds is 6. The predicted molar refractivity (Wildman–Crippen MR) is 106 cm³/mol. The standard InChI is InChI=1S/C18H13ClN4O5S/c19-11-1-8-17(20-10-11)23-29(27,28)14-5-2-12(3-6-14)21-22-13-4-7-16(24)15(9-13)18(25)26/h1-10,24H,(H,20,23)(H,25,26). The molecule has 11 heteroatoms. The number of benzene rings is 2. The maximum atomic E-state index is 12.4. The monoisotopic (exact) mass is 432 g/mol. The molecule has 0 aliphatic carbocycles. The molecule has 0 aliphatic heterocycles. The van der Waals surface area contributed by atoms with Gasteiger partial charge in [-0.15, -0.1) is 0 Å². The summed E-state index contributed by atoms with van der Waals surface area (Å²) in [5.41, 5.74) is 0.260. The number of carboxylic acid groups (broad SMARTS) is 1. The molecule has 3 N–H and O–H groups in total. The Hall–Kier alpha value is -3.50. The quantitative estimate of drug-likeness (QED) is 0.494. The van der Waals surface area contributed by atoms with Gasteiger partial charge < -0.3 is 10.2 Å². The molecule has 29 heavy (non-hydrogen) atoms. The van der Waals surface area contributed by atoms with Gasteiger partial charge in [-0.25, -0.2) is 18.2 Å². The maximum Gasteiger partial charge on any atom is 0.339 e.